The van der Waals surface area contributed by atoms with Gasteiger partial charge in [0.1, 0.15) is 5.82 Å². The van der Waals surface area contributed by atoms with Gasteiger partial charge in [-0.3, -0.25) is 4.79 Å². The maximum absolute atomic E-state index is 13.6. The molecule has 0 spiro atoms. The van der Waals surface area contributed by atoms with Crippen LogP contribution in [0.15, 0.2) is 30.3 Å². The van der Waals surface area contributed by atoms with Gasteiger partial charge in [0, 0.05) is 18.2 Å². The van der Waals surface area contributed by atoms with Crippen molar-refractivity contribution in [2.24, 2.45) is 0 Å². The molecule has 0 radical (unpaired) electrons. The molecule has 1 aromatic rings. The van der Waals surface area contributed by atoms with Crippen LogP contribution in [0, 0.1) is 5.82 Å². The molecule has 112 valence electrons. The molecule has 6 heteroatoms. The first-order valence-electron chi connectivity index (χ1n) is 6.55. The smallest absolute Gasteiger partial charge is 0.334 e. The number of carbonyl (C=O) groups excluding carboxylic acids is 1. The van der Waals surface area contributed by atoms with Crippen molar-refractivity contribution in [3.05, 3.63) is 41.7 Å². The molecule has 1 aliphatic rings. The highest BCUT2D eigenvalue weighted by Gasteiger charge is 2.28. The number of carboxylic acid groups (broad SMARTS) is 1. The Morgan fingerprint density at radius 1 is 1.43 bits per heavy atom. The second kappa shape index (κ2) is 6.49. The van der Waals surface area contributed by atoms with Crippen molar-refractivity contribution in [3.8, 4) is 0 Å². The summed E-state index contributed by atoms with van der Waals surface area (Å²) >= 11 is 0. The van der Waals surface area contributed by atoms with Gasteiger partial charge in [0.15, 0.2) is 6.10 Å². The third kappa shape index (κ3) is 3.66. The van der Waals surface area contributed by atoms with Gasteiger partial charge in [-0.25, -0.2) is 9.18 Å². The van der Waals surface area contributed by atoms with Gasteiger partial charge in [-0.1, -0.05) is 18.2 Å². The molecule has 1 unspecified atom stereocenters. The first kappa shape index (κ1) is 15.2. The number of benzene rings is 1. The Bertz CT molecular complexity index is 585. The number of hydrogen-bond acceptors (Lipinski definition) is 3. The molecule has 1 saturated heterocycles. The van der Waals surface area contributed by atoms with Crippen LogP contribution in [0.1, 0.15) is 12.5 Å². The fourth-order valence-electron chi connectivity index (χ4n) is 2.13. The van der Waals surface area contributed by atoms with E-state index in [4.69, 9.17) is 9.84 Å². The van der Waals surface area contributed by atoms with Gasteiger partial charge in [-0.05, 0) is 18.6 Å². The van der Waals surface area contributed by atoms with Crippen LogP contribution in [0.5, 0.6) is 0 Å². The lowest BCUT2D eigenvalue weighted by molar-refractivity contribution is -0.158. The van der Waals surface area contributed by atoms with E-state index < -0.39 is 17.9 Å². The number of nitrogens with zero attached hydrogens (tertiary/aromatic N) is 1. The lowest BCUT2D eigenvalue weighted by Crippen LogP contribution is -2.48. The van der Waals surface area contributed by atoms with Gasteiger partial charge in [0.25, 0.3) is 0 Å². The molecule has 0 bridgehead atoms. The average molecular weight is 293 g/mol. The Kier molecular flexibility index (Phi) is 4.70. The zero-order chi connectivity index (χ0) is 15.4. The number of hydrogen-bond donors (Lipinski definition) is 1. The SMILES string of the molecule is C/C(=C\C(=O)N1CCOC(C(=O)O)C1)c1ccccc1F. The van der Waals surface area contributed by atoms with E-state index in [1.807, 2.05) is 0 Å². The summed E-state index contributed by atoms with van der Waals surface area (Å²) in [4.78, 5) is 24.4. The summed E-state index contributed by atoms with van der Waals surface area (Å²) in [6.07, 6.45) is 0.313. The largest absolute Gasteiger partial charge is 0.479 e. The molecule has 1 amide bonds. The number of amides is 1. The van der Waals surface area contributed by atoms with Crippen molar-refractivity contribution in [2.45, 2.75) is 13.0 Å². The van der Waals surface area contributed by atoms with E-state index in [0.717, 1.165) is 0 Å². The quantitative estimate of drug-likeness (QED) is 0.859. The predicted octanol–water partition coefficient (Wildman–Crippen LogP) is 1.54. The summed E-state index contributed by atoms with van der Waals surface area (Å²) in [5, 5.41) is 8.91. The highest BCUT2D eigenvalue weighted by atomic mass is 19.1. The molecule has 0 aliphatic carbocycles. The van der Waals surface area contributed by atoms with Crippen LogP contribution >= 0.6 is 0 Å². The van der Waals surface area contributed by atoms with Gasteiger partial charge >= 0.3 is 5.97 Å². The molecule has 1 atom stereocenters. The third-order valence-corrected chi connectivity index (χ3v) is 3.29. The van der Waals surface area contributed by atoms with Crippen molar-refractivity contribution < 1.29 is 23.8 Å². The fourth-order valence-corrected chi connectivity index (χ4v) is 2.13. The minimum atomic E-state index is -1.10. The number of morpholine rings is 1. The van der Waals surface area contributed by atoms with E-state index in [2.05, 4.69) is 0 Å². The second-order valence-electron chi connectivity index (χ2n) is 4.79. The van der Waals surface area contributed by atoms with Crippen LogP contribution in [-0.4, -0.2) is 47.7 Å². The van der Waals surface area contributed by atoms with Crippen molar-refractivity contribution in [2.75, 3.05) is 19.7 Å². The normalized spacial score (nSPS) is 19.4. The Labute approximate surface area is 121 Å². The molecule has 0 aromatic heterocycles. The number of aliphatic carboxylic acids is 1. The molecular weight excluding hydrogens is 277 g/mol. The van der Waals surface area contributed by atoms with Crippen LogP contribution in [-0.2, 0) is 14.3 Å². The zero-order valence-electron chi connectivity index (χ0n) is 11.6. The summed E-state index contributed by atoms with van der Waals surface area (Å²) in [6, 6.07) is 6.18. The van der Waals surface area contributed by atoms with E-state index in [9.17, 15) is 14.0 Å². The van der Waals surface area contributed by atoms with E-state index in [-0.39, 0.29) is 19.1 Å². The van der Waals surface area contributed by atoms with Gasteiger partial charge in [0.05, 0.1) is 13.2 Å². The highest BCUT2D eigenvalue weighted by Crippen LogP contribution is 2.18. The molecule has 1 heterocycles. The molecule has 1 aromatic carbocycles. The number of carboxylic acids is 1. The van der Waals surface area contributed by atoms with Gasteiger partial charge < -0.3 is 14.7 Å². The third-order valence-electron chi connectivity index (χ3n) is 3.29. The van der Waals surface area contributed by atoms with Crippen LogP contribution < -0.4 is 0 Å². The molecule has 1 N–H and O–H groups in total. The molecule has 5 nitrogen and oxygen atoms in total. The van der Waals surface area contributed by atoms with E-state index in [1.165, 1.54) is 17.0 Å². The topological polar surface area (TPSA) is 66.8 Å². The Morgan fingerprint density at radius 3 is 2.81 bits per heavy atom. The minimum Gasteiger partial charge on any atom is -0.479 e. The van der Waals surface area contributed by atoms with Crippen molar-refractivity contribution >= 4 is 17.4 Å². The molecule has 2 rings (SSSR count). The Hall–Kier alpha value is -2.21. The van der Waals surface area contributed by atoms with E-state index >= 15 is 0 Å². The van der Waals surface area contributed by atoms with Gasteiger partial charge in [-0.2, -0.15) is 0 Å². The maximum Gasteiger partial charge on any atom is 0.334 e. The first-order valence-corrected chi connectivity index (χ1v) is 6.55. The standard InChI is InChI=1S/C15H16FNO4/c1-10(11-4-2-3-5-12(11)16)8-14(18)17-6-7-21-13(9-17)15(19)20/h2-5,8,13H,6-7,9H2,1H3,(H,19,20)/b10-8+. The van der Waals surface area contributed by atoms with Crippen LogP contribution in [0.4, 0.5) is 4.39 Å². The molecular formula is C15H16FNO4. The number of ether oxygens (including phenoxy) is 1. The Morgan fingerprint density at radius 2 is 2.14 bits per heavy atom. The van der Waals surface area contributed by atoms with Crippen LogP contribution in [0.25, 0.3) is 5.57 Å². The fraction of sp³-hybridized carbons (Fsp3) is 0.333. The Balaban J connectivity index is 2.11. The number of allylic oxidation sites excluding steroid dienone is 1. The minimum absolute atomic E-state index is 0.00474. The molecule has 1 aliphatic heterocycles. The average Bonchev–Trinajstić information content (AvgIpc) is 2.47. The second-order valence-corrected chi connectivity index (χ2v) is 4.79. The van der Waals surface area contributed by atoms with Crippen molar-refractivity contribution in [1.29, 1.82) is 0 Å². The summed E-state index contributed by atoms with van der Waals surface area (Å²) in [7, 11) is 0. The number of halogens is 1. The number of rotatable bonds is 3. The lowest BCUT2D eigenvalue weighted by Gasteiger charge is -2.30. The predicted molar refractivity (Wildman–Crippen MR) is 74.0 cm³/mol. The maximum atomic E-state index is 13.6. The van der Waals surface area contributed by atoms with E-state index in [0.29, 0.717) is 17.7 Å². The van der Waals surface area contributed by atoms with Crippen LogP contribution in [0.3, 0.4) is 0 Å². The lowest BCUT2D eigenvalue weighted by atomic mass is 10.1. The van der Waals surface area contributed by atoms with E-state index in [1.54, 1.807) is 25.1 Å². The summed E-state index contributed by atoms with van der Waals surface area (Å²) < 4.78 is 18.7. The summed E-state index contributed by atoms with van der Waals surface area (Å²) in [6.45, 7) is 2.14. The first-order chi connectivity index (χ1) is 9.99. The highest BCUT2D eigenvalue weighted by molar-refractivity contribution is 5.95. The van der Waals surface area contributed by atoms with Crippen LogP contribution in [0.2, 0.25) is 0 Å². The zero-order valence-corrected chi connectivity index (χ0v) is 11.6. The monoisotopic (exact) mass is 293 g/mol. The number of carbonyl (C=O) groups is 2. The summed E-state index contributed by atoms with van der Waals surface area (Å²) in [5.74, 6) is -1.84. The van der Waals surface area contributed by atoms with Crippen molar-refractivity contribution in [3.63, 3.8) is 0 Å². The van der Waals surface area contributed by atoms with Crippen molar-refractivity contribution in [1.82, 2.24) is 4.90 Å². The molecule has 21 heavy (non-hydrogen) atoms. The molecule has 0 saturated carbocycles. The van der Waals surface area contributed by atoms with Gasteiger partial charge in [-0.15, -0.1) is 0 Å². The van der Waals surface area contributed by atoms with Gasteiger partial charge in [0.2, 0.25) is 5.91 Å². The molecule has 1 fully saturated rings. The summed E-state index contributed by atoms with van der Waals surface area (Å²) in [5.41, 5.74) is 0.852.